The number of nitrogens with zero attached hydrogens (tertiary/aromatic N) is 1. The smallest absolute Gasteiger partial charge is 0.242 e. The molecule has 0 aliphatic carbocycles. The number of sulfonamides is 1. The Kier molecular flexibility index (Phi) is 9.89. The van der Waals surface area contributed by atoms with Gasteiger partial charge < -0.3 is 9.47 Å². The number of carbonyl (C=O) groups is 1. The average molecular weight is 572 g/mol. The summed E-state index contributed by atoms with van der Waals surface area (Å²) in [4.78, 5) is 12.9. The normalized spacial score (nSPS) is 12.2. The highest BCUT2D eigenvalue weighted by atomic mass is 32.2. The highest BCUT2D eigenvalue weighted by Crippen LogP contribution is 2.28. The predicted octanol–water partition coefficient (Wildman–Crippen LogP) is 5.45. The number of hydrogen-bond acceptors (Lipinski definition) is 6. The maximum absolute atomic E-state index is 13.0. The third-order valence-electron chi connectivity index (χ3n) is 6.29. The molecule has 0 bridgehead atoms. The molecule has 8 nitrogen and oxygen atoms in total. The van der Waals surface area contributed by atoms with Gasteiger partial charge in [-0.15, -0.1) is 0 Å². The van der Waals surface area contributed by atoms with E-state index < -0.39 is 22.0 Å². The van der Waals surface area contributed by atoms with Crippen molar-refractivity contribution in [3.63, 3.8) is 0 Å². The average Bonchev–Trinajstić information content (AvgIpc) is 2.96. The van der Waals surface area contributed by atoms with E-state index in [4.69, 9.17) is 9.47 Å². The van der Waals surface area contributed by atoms with Crippen LogP contribution >= 0.6 is 0 Å². The summed E-state index contributed by atoms with van der Waals surface area (Å²) in [6.07, 6.45) is 1.33. The van der Waals surface area contributed by atoms with Gasteiger partial charge in [0, 0.05) is 6.42 Å². The second-order valence-electron chi connectivity index (χ2n) is 9.58. The van der Waals surface area contributed by atoms with E-state index in [2.05, 4.69) is 21.3 Å². The Balaban J connectivity index is 1.40. The molecule has 41 heavy (non-hydrogen) atoms. The molecule has 0 aliphatic rings. The Bertz CT molecular complexity index is 1600. The topological polar surface area (TPSA) is 106 Å². The van der Waals surface area contributed by atoms with E-state index in [1.54, 1.807) is 61.7 Å². The zero-order chi connectivity index (χ0) is 29.2. The van der Waals surface area contributed by atoms with E-state index in [0.717, 1.165) is 16.7 Å². The Morgan fingerprint density at radius 2 is 1.63 bits per heavy atom. The molecule has 0 saturated carbocycles. The van der Waals surface area contributed by atoms with Gasteiger partial charge in [-0.3, -0.25) is 4.79 Å². The fraction of sp³-hybridized carbons (Fsp3) is 0.188. The fourth-order valence-electron chi connectivity index (χ4n) is 4.14. The van der Waals surface area contributed by atoms with Crippen LogP contribution in [-0.4, -0.2) is 27.6 Å². The number of hydrazone groups is 1. The minimum Gasteiger partial charge on any atom is -0.493 e. The molecule has 0 spiro atoms. The molecule has 0 aliphatic heterocycles. The van der Waals surface area contributed by atoms with E-state index in [1.165, 1.54) is 18.3 Å². The molecule has 0 radical (unpaired) electrons. The largest absolute Gasteiger partial charge is 0.493 e. The zero-order valence-electron chi connectivity index (χ0n) is 23.2. The monoisotopic (exact) mass is 571 g/mol. The van der Waals surface area contributed by atoms with E-state index in [0.29, 0.717) is 29.2 Å². The minimum atomic E-state index is -3.86. The fourth-order valence-corrected chi connectivity index (χ4v) is 5.37. The highest BCUT2D eigenvalue weighted by Gasteiger charge is 2.23. The molecule has 1 atom stereocenters. The van der Waals surface area contributed by atoms with Gasteiger partial charge in [0.1, 0.15) is 6.61 Å². The Hall–Kier alpha value is -4.47. The van der Waals surface area contributed by atoms with Crippen LogP contribution in [0, 0.1) is 13.8 Å². The van der Waals surface area contributed by atoms with Crippen LogP contribution in [0.2, 0.25) is 0 Å². The van der Waals surface area contributed by atoms with Gasteiger partial charge in [0.2, 0.25) is 15.9 Å². The van der Waals surface area contributed by atoms with Crippen LogP contribution in [0.25, 0.3) is 0 Å². The van der Waals surface area contributed by atoms with Crippen molar-refractivity contribution in [2.45, 2.75) is 37.8 Å². The Labute approximate surface area is 241 Å². The molecular weight excluding hydrogens is 538 g/mol. The molecule has 0 unspecified atom stereocenters. The lowest BCUT2D eigenvalue weighted by Gasteiger charge is -2.18. The van der Waals surface area contributed by atoms with Crippen molar-refractivity contribution >= 4 is 22.1 Å². The third-order valence-corrected chi connectivity index (χ3v) is 7.78. The first kappa shape index (κ1) is 29.5. The maximum Gasteiger partial charge on any atom is 0.242 e. The molecule has 0 heterocycles. The molecule has 0 fully saturated rings. The van der Waals surface area contributed by atoms with Crippen molar-refractivity contribution in [1.82, 2.24) is 10.1 Å². The molecule has 1 amide bonds. The van der Waals surface area contributed by atoms with Crippen molar-refractivity contribution in [3.8, 4) is 11.5 Å². The molecule has 2 N–H and O–H groups in total. The van der Waals surface area contributed by atoms with Crippen LogP contribution in [0.15, 0.2) is 107 Å². The van der Waals surface area contributed by atoms with Crippen LogP contribution in [0.3, 0.4) is 0 Å². The number of aryl methyl sites for hydroxylation is 2. The molecule has 212 valence electrons. The number of rotatable bonds is 12. The summed E-state index contributed by atoms with van der Waals surface area (Å²) in [5.74, 6) is 0.663. The number of nitrogens with one attached hydrogen (secondary N) is 2. The van der Waals surface area contributed by atoms with E-state index >= 15 is 0 Å². The van der Waals surface area contributed by atoms with Gasteiger partial charge in [-0.25, -0.2) is 18.6 Å². The predicted molar refractivity (Wildman–Crippen MR) is 160 cm³/mol. The summed E-state index contributed by atoms with van der Waals surface area (Å²) in [6, 6.07) is 28.1. The summed E-state index contributed by atoms with van der Waals surface area (Å²) >= 11 is 0. The number of ether oxygens (including phenoxy) is 2. The van der Waals surface area contributed by atoms with Gasteiger partial charge in [-0.2, -0.15) is 5.10 Å². The maximum atomic E-state index is 13.0. The van der Waals surface area contributed by atoms with Crippen molar-refractivity contribution in [2.24, 2.45) is 5.10 Å². The van der Waals surface area contributed by atoms with Crippen molar-refractivity contribution in [1.29, 1.82) is 0 Å². The number of benzene rings is 4. The van der Waals surface area contributed by atoms with Gasteiger partial charge >= 0.3 is 0 Å². The van der Waals surface area contributed by atoms with Crippen LogP contribution in [-0.2, 0) is 21.4 Å². The molecular formula is C32H33N3O5S. The summed E-state index contributed by atoms with van der Waals surface area (Å²) in [5, 5.41) is 4.06. The van der Waals surface area contributed by atoms with E-state index in [1.807, 2.05) is 38.1 Å². The van der Waals surface area contributed by atoms with E-state index in [-0.39, 0.29) is 11.3 Å². The van der Waals surface area contributed by atoms with Gasteiger partial charge in [-0.05, 0) is 60.9 Å². The zero-order valence-corrected chi connectivity index (χ0v) is 24.0. The lowest BCUT2D eigenvalue weighted by Crippen LogP contribution is -2.32. The lowest BCUT2D eigenvalue weighted by atomic mass is 10.0. The molecule has 4 aromatic carbocycles. The second-order valence-corrected chi connectivity index (χ2v) is 11.3. The quantitative estimate of drug-likeness (QED) is 0.174. The van der Waals surface area contributed by atoms with E-state index in [9.17, 15) is 13.2 Å². The second kappa shape index (κ2) is 13.7. The van der Waals surface area contributed by atoms with Crippen molar-refractivity contribution < 1.29 is 22.7 Å². The molecule has 4 aromatic rings. The molecule has 9 heteroatoms. The third kappa shape index (κ3) is 8.51. The molecule has 0 saturated heterocycles. The molecule has 4 rings (SSSR count). The van der Waals surface area contributed by atoms with Gasteiger partial charge in [0.05, 0.1) is 24.3 Å². The van der Waals surface area contributed by atoms with Crippen LogP contribution in [0.4, 0.5) is 0 Å². The van der Waals surface area contributed by atoms with Gasteiger partial charge in [0.15, 0.2) is 11.5 Å². The van der Waals surface area contributed by atoms with Crippen LogP contribution in [0.5, 0.6) is 11.5 Å². The van der Waals surface area contributed by atoms with Crippen LogP contribution in [0.1, 0.15) is 40.3 Å². The first-order valence-corrected chi connectivity index (χ1v) is 14.5. The number of hydrogen-bond donors (Lipinski definition) is 2. The minimum absolute atomic E-state index is 0.128. The summed E-state index contributed by atoms with van der Waals surface area (Å²) in [7, 11) is -2.31. The van der Waals surface area contributed by atoms with Crippen LogP contribution < -0.4 is 19.6 Å². The number of methoxy groups -OCH3 is 1. The van der Waals surface area contributed by atoms with Gasteiger partial charge in [-0.1, -0.05) is 77.9 Å². The highest BCUT2D eigenvalue weighted by molar-refractivity contribution is 7.89. The van der Waals surface area contributed by atoms with Crippen molar-refractivity contribution in [3.05, 3.63) is 125 Å². The summed E-state index contributed by atoms with van der Waals surface area (Å²) in [5.41, 5.74) is 6.99. The van der Waals surface area contributed by atoms with Gasteiger partial charge in [0.25, 0.3) is 0 Å². The Morgan fingerprint density at radius 3 is 2.34 bits per heavy atom. The summed E-state index contributed by atoms with van der Waals surface area (Å²) < 4.78 is 40.2. The van der Waals surface area contributed by atoms with Crippen molar-refractivity contribution in [2.75, 3.05) is 7.11 Å². The first-order chi connectivity index (χ1) is 19.7. The summed E-state index contributed by atoms with van der Waals surface area (Å²) in [6.45, 7) is 4.31. The standard InChI is InChI=1S/C32H33N3O5S/c1-23-12-15-28(16-13-23)41(37,38)35-29(27-10-5-4-6-11-27)20-32(36)34-33-21-25-14-17-30(31(19-25)39-3)40-22-26-9-7-8-24(2)18-26/h4-19,21,29,35H,20,22H2,1-3H3,(H,34,36)/b33-21-/t29-/m1/s1. The lowest BCUT2D eigenvalue weighted by molar-refractivity contribution is -0.121. The number of carbonyl (C=O) groups excluding carboxylic acids is 1. The molecule has 0 aromatic heterocycles. The SMILES string of the molecule is COc1cc(/C=N\NC(=O)C[C@@H](NS(=O)(=O)c2ccc(C)cc2)c2ccccc2)ccc1OCc1cccc(C)c1. The number of amides is 1. The first-order valence-electron chi connectivity index (χ1n) is 13.1. The Morgan fingerprint density at radius 1 is 0.878 bits per heavy atom.